The number of anilines is 1. The second-order valence-corrected chi connectivity index (χ2v) is 3.29. The highest BCUT2D eigenvalue weighted by Gasteiger charge is 2.14. The second-order valence-electron chi connectivity index (χ2n) is 2.33. The van der Waals surface area contributed by atoms with Crippen LogP contribution in [0.5, 0.6) is 0 Å². The highest BCUT2D eigenvalue weighted by atomic mass is 79.9. The lowest BCUT2D eigenvalue weighted by Crippen LogP contribution is -2.01. The van der Waals surface area contributed by atoms with Crippen LogP contribution in [0.2, 0.25) is 5.02 Å². The molecule has 0 atom stereocenters. The Kier molecular flexibility index (Phi) is 3.44. The van der Waals surface area contributed by atoms with Gasteiger partial charge in [0.1, 0.15) is 11.5 Å². The minimum Gasteiger partial charge on any atom is -0.383 e. The van der Waals surface area contributed by atoms with Gasteiger partial charge in [0, 0.05) is 10.9 Å². The largest absolute Gasteiger partial charge is 0.383 e. The lowest BCUT2D eigenvalue weighted by Gasteiger charge is -2.06. The zero-order valence-electron chi connectivity index (χ0n) is 6.40. The quantitative estimate of drug-likeness (QED) is 0.839. The summed E-state index contributed by atoms with van der Waals surface area (Å²) in [5.41, 5.74) is 5.55. The molecule has 1 rings (SSSR count). The van der Waals surface area contributed by atoms with Crippen molar-refractivity contribution in [3.05, 3.63) is 22.3 Å². The smallest absolute Gasteiger partial charge is 0.280 e. The van der Waals surface area contributed by atoms with Crippen LogP contribution in [0.15, 0.2) is 6.07 Å². The molecule has 13 heavy (non-hydrogen) atoms. The fourth-order valence-corrected chi connectivity index (χ4v) is 1.85. The molecule has 0 amide bonds. The highest BCUT2D eigenvalue weighted by Crippen LogP contribution is 2.28. The van der Waals surface area contributed by atoms with Crippen LogP contribution < -0.4 is 5.73 Å². The topological polar surface area (TPSA) is 38.9 Å². The summed E-state index contributed by atoms with van der Waals surface area (Å²) in [6.45, 7) is 0. The lowest BCUT2D eigenvalue weighted by molar-refractivity contribution is 0.146. The predicted molar refractivity (Wildman–Crippen MR) is 51.2 cm³/mol. The first kappa shape index (κ1) is 10.7. The van der Waals surface area contributed by atoms with Gasteiger partial charge in [-0.1, -0.05) is 27.5 Å². The summed E-state index contributed by atoms with van der Waals surface area (Å²) in [7, 11) is 0. The van der Waals surface area contributed by atoms with E-state index >= 15 is 0 Å². The third-order valence-electron chi connectivity index (χ3n) is 1.48. The molecule has 2 nitrogen and oxygen atoms in total. The average molecular weight is 271 g/mol. The molecule has 0 bridgehead atoms. The van der Waals surface area contributed by atoms with Crippen molar-refractivity contribution in [1.29, 1.82) is 0 Å². The van der Waals surface area contributed by atoms with E-state index in [2.05, 4.69) is 20.9 Å². The molecule has 72 valence electrons. The molecule has 0 aromatic carbocycles. The van der Waals surface area contributed by atoms with E-state index in [1.807, 2.05) is 0 Å². The molecule has 6 heteroatoms. The fraction of sp³-hybridized carbons (Fsp3) is 0.286. The molecule has 0 fully saturated rings. The van der Waals surface area contributed by atoms with Gasteiger partial charge in [-0.25, -0.2) is 13.8 Å². The number of pyridine rings is 1. The molecular weight excluding hydrogens is 265 g/mol. The molecular formula is C7H6BrClF2N2. The summed E-state index contributed by atoms with van der Waals surface area (Å²) in [6.07, 6.45) is -2.65. The van der Waals surface area contributed by atoms with Crippen molar-refractivity contribution in [3.8, 4) is 0 Å². The first-order valence-corrected chi connectivity index (χ1v) is 4.85. The maximum absolute atomic E-state index is 12.2. The number of alkyl halides is 3. The molecule has 0 spiro atoms. The number of rotatable bonds is 2. The Labute approximate surface area is 87.2 Å². The minimum absolute atomic E-state index is 0.0414. The van der Waals surface area contributed by atoms with Crippen LogP contribution in [0.1, 0.15) is 17.7 Å². The van der Waals surface area contributed by atoms with E-state index in [1.165, 1.54) is 0 Å². The van der Waals surface area contributed by atoms with Gasteiger partial charge in [0.15, 0.2) is 0 Å². The first-order valence-electron chi connectivity index (χ1n) is 3.35. The number of aromatic nitrogens is 1. The summed E-state index contributed by atoms with van der Waals surface area (Å²) >= 11 is 8.82. The molecule has 0 saturated heterocycles. The van der Waals surface area contributed by atoms with E-state index in [0.29, 0.717) is 10.9 Å². The summed E-state index contributed by atoms with van der Waals surface area (Å²) in [4.78, 5) is 3.52. The fourth-order valence-electron chi connectivity index (χ4n) is 0.822. The van der Waals surface area contributed by atoms with Crippen LogP contribution in [0.25, 0.3) is 0 Å². The summed E-state index contributed by atoms with van der Waals surface area (Å²) in [6, 6.07) is 1.12. The van der Waals surface area contributed by atoms with E-state index in [1.54, 1.807) is 0 Å². The third-order valence-corrected chi connectivity index (χ3v) is 2.38. The summed E-state index contributed by atoms with van der Waals surface area (Å²) in [5, 5.41) is 0.605. The van der Waals surface area contributed by atoms with E-state index in [9.17, 15) is 8.78 Å². The third kappa shape index (κ3) is 2.28. The van der Waals surface area contributed by atoms with Gasteiger partial charge in [-0.15, -0.1) is 0 Å². The van der Waals surface area contributed by atoms with Crippen LogP contribution in [0, 0.1) is 0 Å². The monoisotopic (exact) mass is 270 g/mol. The van der Waals surface area contributed by atoms with Gasteiger partial charge < -0.3 is 5.73 Å². The van der Waals surface area contributed by atoms with Crippen LogP contribution >= 0.6 is 27.5 Å². The molecule has 2 N–H and O–H groups in total. The predicted octanol–water partition coefficient (Wildman–Crippen LogP) is 3.15. The number of hydrogen-bond acceptors (Lipinski definition) is 2. The van der Waals surface area contributed by atoms with E-state index in [-0.39, 0.29) is 10.8 Å². The molecule has 0 aliphatic heterocycles. The summed E-state index contributed by atoms with van der Waals surface area (Å²) in [5.74, 6) is 0.0414. The minimum atomic E-state index is -2.65. The van der Waals surface area contributed by atoms with Crippen molar-refractivity contribution in [2.75, 3.05) is 5.73 Å². The van der Waals surface area contributed by atoms with Gasteiger partial charge in [0.25, 0.3) is 6.43 Å². The molecule has 1 heterocycles. The molecule has 0 saturated carbocycles. The van der Waals surface area contributed by atoms with Gasteiger partial charge in [0.05, 0.1) is 5.02 Å². The molecule has 1 aromatic heterocycles. The Morgan fingerprint density at radius 1 is 1.62 bits per heavy atom. The lowest BCUT2D eigenvalue weighted by atomic mass is 10.2. The molecule has 1 aromatic rings. The van der Waals surface area contributed by atoms with E-state index in [4.69, 9.17) is 17.3 Å². The maximum atomic E-state index is 12.2. The number of nitrogens with two attached hydrogens (primary N) is 1. The zero-order valence-corrected chi connectivity index (χ0v) is 8.74. The van der Waals surface area contributed by atoms with Gasteiger partial charge in [-0.2, -0.15) is 0 Å². The first-order chi connectivity index (χ1) is 6.06. The van der Waals surface area contributed by atoms with Gasteiger partial charge in [-0.3, -0.25) is 0 Å². The van der Waals surface area contributed by atoms with E-state index < -0.39 is 12.1 Å². The molecule has 0 radical (unpaired) electrons. The van der Waals surface area contributed by atoms with Crippen molar-refractivity contribution < 1.29 is 8.78 Å². The Balaban J connectivity index is 3.20. The van der Waals surface area contributed by atoms with Gasteiger partial charge >= 0.3 is 0 Å². The number of halogens is 4. The van der Waals surface area contributed by atoms with Crippen LogP contribution in [-0.4, -0.2) is 4.98 Å². The van der Waals surface area contributed by atoms with Gasteiger partial charge in [0.2, 0.25) is 0 Å². The van der Waals surface area contributed by atoms with E-state index in [0.717, 1.165) is 6.07 Å². The highest BCUT2D eigenvalue weighted by molar-refractivity contribution is 9.08. The van der Waals surface area contributed by atoms with Crippen molar-refractivity contribution >= 4 is 33.3 Å². The van der Waals surface area contributed by atoms with Crippen molar-refractivity contribution in [2.45, 2.75) is 11.8 Å². The SMILES string of the molecule is Nc1nc(C(F)F)cc(Cl)c1CBr. The molecule has 0 aliphatic carbocycles. The Bertz CT molecular complexity index is 296. The van der Waals surface area contributed by atoms with Crippen molar-refractivity contribution in [1.82, 2.24) is 4.98 Å². The standard InChI is InChI=1S/C7H6BrClF2N2/c8-2-3-4(9)1-5(6(10)11)13-7(3)12/h1,6H,2H2,(H2,12,13). The number of nitrogen functional groups attached to an aromatic ring is 1. The van der Waals surface area contributed by atoms with Crippen LogP contribution in [-0.2, 0) is 5.33 Å². The maximum Gasteiger partial charge on any atom is 0.280 e. The molecule has 0 aliphatic rings. The normalized spacial score (nSPS) is 10.8. The molecule has 0 unspecified atom stereocenters. The Morgan fingerprint density at radius 2 is 2.23 bits per heavy atom. The van der Waals surface area contributed by atoms with Gasteiger partial charge in [-0.05, 0) is 6.07 Å². The van der Waals surface area contributed by atoms with Crippen LogP contribution in [0.4, 0.5) is 14.6 Å². The number of nitrogens with zero attached hydrogens (tertiary/aromatic N) is 1. The average Bonchev–Trinajstić information content (AvgIpc) is 2.03. The Hall–Kier alpha value is -0.420. The second kappa shape index (κ2) is 4.19. The van der Waals surface area contributed by atoms with Crippen molar-refractivity contribution in [3.63, 3.8) is 0 Å². The zero-order chi connectivity index (χ0) is 10.0. The van der Waals surface area contributed by atoms with Crippen LogP contribution in [0.3, 0.4) is 0 Å². The summed E-state index contributed by atoms with van der Waals surface area (Å²) < 4.78 is 24.3. The van der Waals surface area contributed by atoms with Crippen molar-refractivity contribution in [2.24, 2.45) is 0 Å². The number of hydrogen-bond donors (Lipinski definition) is 1. The Morgan fingerprint density at radius 3 is 2.62 bits per heavy atom.